The number of hydrogen-bond acceptors (Lipinski definition) is 2. The third-order valence-corrected chi connectivity index (χ3v) is 1.56. The number of amides is 1. The summed E-state index contributed by atoms with van der Waals surface area (Å²) in [6.45, 7) is 3.02. The molecule has 0 aromatic rings. The Hall–Kier alpha value is -0.610. The summed E-state index contributed by atoms with van der Waals surface area (Å²) in [7, 11) is 0. The lowest BCUT2D eigenvalue weighted by Gasteiger charge is -2.30. The van der Waals surface area contributed by atoms with Gasteiger partial charge in [-0.3, -0.25) is 4.79 Å². The molecule has 1 aliphatic heterocycles. The van der Waals surface area contributed by atoms with Crippen molar-refractivity contribution < 1.29 is 9.90 Å². The van der Waals surface area contributed by atoms with Crippen LogP contribution in [-0.2, 0) is 4.79 Å². The number of hydrogen-bond donors (Lipinski definition) is 1. The van der Waals surface area contributed by atoms with Crippen molar-refractivity contribution in [2.75, 3.05) is 19.6 Å². The number of nitrogens with zero attached hydrogens (tertiary/aromatic N) is 2. The van der Waals surface area contributed by atoms with Crippen molar-refractivity contribution in [1.82, 2.24) is 10.2 Å². The van der Waals surface area contributed by atoms with Gasteiger partial charge in [0.1, 0.15) is 6.23 Å². The molecular formula is C6H11N2O2. The summed E-state index contributed by atoms with van der Waals surface area (Å²) in [5.41, 5.74) is 0. The summed E-state index contributed by atoms with van der Waals surface area (Å²) in [4.78, 5) is 12.2. The van der Waals surface area contributed by atoms with Crippen LogP contribution in [0.3, 0.4) is 0 Å². The van der Waals surface area contributed by atoms with Gasteiger partial charge in [-0.2, -0.15) is 0 Å². The SMILES string of the molecule is CC(=O)N1CC[N]CC1O. The van der Waals surface area contributed by atoms with Gasteiger partial charge in [0.15, 0.2) is 0 Å². The Morgan fingerprint density at radius 1 is 1.80 bits per heavy atom. The first-order valence-corrected chi connectivity index (χ1v) is 3.30. The third-order valence-electron chi connectivity index (χ3n) is 1.56. The molecule has 0 spiro atoms. The van der Waals surface area contributed by atoms with Crippen molar-refractivity contribution in [2.24, 2.45) is 0 Å². The number of aliphatic hydroxyl groups is 1. The molecule has 1 rings (SSSR count). The van der Waals surface area contributed by atoms with E-state index in [1.807, 2.05) is 0 Å². The van der Waals surface area contributed by atoms with Crippen LogP contribution < -0.4 is 5.32 Å². The maximum Gasteiger partial charge on any atom is 0.221 e. The summed E-state index contributed by atoms with van der Waals surface area (Å²) in [6.07, 6.45) is -0.689. The summed E-state index contributed by atoms with van der Waals surface area (Å²) in [5.74, 6) is -0.0811. The summed E-state index contributed by atoms with van der Waals surface area (Å²) < 4.78 is 0. The van der Waals surface area contributed by atoms with E-state index in [1.165, 1.54) is 11.8 Å². The highest BCUT2D eigenvalue weighted by molar-refractivity contribution is 5.73. The van der Waals surface area contributed by atoms with E-state index < -0.39 is 6.23 Å². The number of aliphatic hydroxyl groups excluding tert-OH is 1. The summed E-state index contributed by atoms with van der Waals surface area (Å²) in [5, 5.41) is 13.1. The van der Waals surface area contributed by atoms with E-state index in [-0.39, 0.29) is 5.91 Å². The number of carbonyl (C=O) groups is 1. The van der Waals surface area contributed by atoms with Gasteiger partial charge >= 0.3 is 0 Å². The highest BCUT2D eigenvalue weighted by Crippen LogP contribution is 2.00. The topological polar surface area (TPSA) is 54.6 Å². The lowest BCUT2D eigenvalue weighted by atomic mass is 10.3. The van der Waals surface area contributed by atoms with Crippen LogP contribution in [0.25, 0.3) is 0 Å². The molecule has 4 nitrogen and oxygen atoms in total. The molecule has 1 fully saturated rings. The van der Waals surface area contributed by atoms with E-state index in [9.17, 15) is 4.79 Å². The molecule has 0 aromatic heterocycles. The smallest absolute Gasteiger partial charge is 0.221 e. The van der Waals surface area contributed by atoms with Gasteiger partial charge in [-0.15, -0.1) is 0 Å². The average molecular weight is 143 g/mol. The van der Waals surface area contributed by atoms with Gasteiger partial charge < -0.3 is 10.0 Å². The molecule has 1 N–H and O–H groups in total. The van der Waals surface area contributed by atoms with Gasteiger partial charge in [-0.25, -0.2) is 5.32 Å². The number of piperazine rings is 1. The second kappa shape index (κ2) is 2.98. The molecular weight excluding hydrogens is 132 g/mol. The van der Waals surface area contributed by atoms with Gasteiger partial charge in [-0.1, -0.05) is 0 Å². The number of rotatable bonds is 0. The minimum absolute atomic E-state index is 0.0811. The van der Waals surface area contributed by atoms with Gasteiger partial charge in [0, 0.05) is 20.0 Å². The minimum atomic E-state index is -0.689. The molecule has 4 heteroatoms. The molecule has 10 heavy (non-hydrogen) atoms. The van der Waals surface area contributed by atoms with Crippen LogP contribution in [0.5, 0.6) is 0 Å². The van der Waals surface area contributed by atoms with Crippen LogP contribution in [0, 0.1) is 0 Å². The summed E-state index contributed by atoms with van der Waals surface area (Å²) >= 11 is 0. The second-order valence-corrected chi connectivity index (χ2v) is 2.32. The van der Waals surface area contributed by atoms with Gasteiger partial charge in [0.25, 0.3) is 0 Å². The first-order valence-electron chi connectivity index (χ1n) is 3.30. The fourth-order valence-corrected chi connectivity index (χ4v) is 1.00. The highest BCUT2D eigenvalue weighted by Gasteiger charge is 2.21. The monoisotopic (exact) mass is 143 g/mol. The average Bonchev–Trinajstić information content (AvgIpc) is 1.88. The largest absolute Gasteiger partial charge is 0.372 e. The maximum absolute atomic E-state index is 10.7. The van der Waals surface area contributed by atoms with Crippen LogP contribution in [0.15, 0.2) is 0 Å². The van der Waals surface area contributed by atoms with Crippen LogP contribution in [0.2, 0.25) is 0 Å². The lowest BCUT2D eigenvalue weighted by molar-refractivity contribution is -0.140. The zero-order valence-electron chi connectivity index (χ0n) is 5.95. The Morgan fingerprint density at radius 3 is 2.90 bits per heavy atom. The molecule has 0 saturated carbocycles. The quantitative estimate of drug-likeness (QED) is 0.461. The first kappa shape index (κ1) is 7.50. The van der Waals surface area contributed by atoms with Crippen molar-refractivity contribution in [3.63, 3.8) is 0 Å². The van der Waals surface area contributed by atoms with E-state index in [2.05, 4.69) is 5.32 Å². The molecule has 1 saturated heterocycles. The molecule has 0 aromatic carbocycles. The van der Waals surface area contributed by atoms with E-state index in [0.29, 0.717) is 19.6 Å². The molecule has 1 aliphatic rings. The predicted octanol–water partition coefficient (Wildman–Crippen LogP) is -1.23. The minimum Gasteiger partial charge on any atom is -0.372 e. The Labute approximate surface area is 59.8 Å². The Bertz CT molecular complexity index is 138. The van der Waals surface area contributed by atoms with E-state index in [1.54, 1.807) is 0 Å². The van der Waals surface area contributed by atoms with Crippen LogP contribution in [-0.4, -0.2) is 41.8 Å². The van der Waals surface area contributed by atoms with Crippen LogP contribution in [0.1, 0.15) is 6.92 Å². The van der Waals surface area contributed by atoms with Crippen molar-refractivity contribution in [3.8, 4) is 0 Å². The molecule has 57 valence electrons. The molecule has 0 bridgehead atoms. The van der Waals surface area contributed by atoms with Gasteiger partial charge in [0.05, 0.1) is 6.54 Å². The highest BCUT2D eigenvalue weighted by atomic mass is 16.3. The first-order chi connectivity index (χ1) is 4.72. The zero-order valence-corrected chi connectivity index (χ0v) is 5.95. The van der Waals surface area contributed by atoms with E-state index in [0.717, 1.165) is 0 Å². The van der Waals surface area contributed by atoms with Gasteiger partial charge in [0.2, 0.25) is 5.91 Å². The van der Waals surface area contributed by atoms with Crippen molar-refractivity contribution in [2.45, 2.75) is 13.2 Å². The maximum atomic E-state index is 10.7. The van der Waals surface area contributed by atoms with Crippen LogP contribution >= 0.6 is 0 Å². The third kappa shape index (κ3) is 1.46. The molecule has 1 atom stereocenters. The molecule has 1 amide bonds. The summed E-state index contributed by atoms with van der Waals surface area (Å²) in [6, 6.07) is 0. The normalized spacial score (nSPS) is 26.6. The molecule has 1 radical (unpaired) electrons. The Morgan fingerprint density at radius 2 is 2.50 bits per heavy atom. The molecule has 0 aliphatic carbocycles. The lowest BCUT2D eigenvalue weighted by Crippen LogP contribution is -2.50. The van der Waals surface area contributed by atoms with Crippen molar-refractivity contribution in [3.05, 3.63) is 0 Å². The standard InChI is InChI=1S/C6H11N2O2/c1-5(9)8-3-2-7-4-6(8)10/h6,10H,2-4H2,1H3. The molecule has 1 heterocycles. The fraction of sp³-hybridized carbons (Fsp3) is 0.833. The van der Waals surface area contributed by atoms with Crippen molar-refractivity contribution in [1.29, 1.82) is 0 Å². The zero-order chi connectivity index (χ0) is 7.56. The number of carbonyl (C=O) groups excluding carboxylic acids is 1. The predicted molar refractivity (Wildman–Crippen MR) is 35.3 cm³/mol. The van der Waals surface area contributed by atoms with Gasteiger partial charge in [-0.05, 0) is 0 Å². The van der Waals surface area contributed by atoms with Crippen LogP contribution in [0.4, 0.5) is 0 Å². The Balaban J connectivity index is 2.47. The Kier molecular flexibility index (Phi) is 2.24. The fourth-order valence-electron chi connectivity index (χ4n) is 1.00. The second-order valence-electron chi connectivity index (χ2n) is 2.32. The van der Waals surface area contributed by atoms with E-state index in [4.69, 9.17) is 5.11 Å². The molecule has 1 unspecified atom stereocenters. The van der Waals surface area contributed by atoms with Crippen molar-refractivity contribution >= 4 is 5.91 Å². The van der Waals surface area contributed by atoms with E-state index >= 15 is 0 Å².